The summed E-state index contributed by atoms with van der Waals surface area (Å²) in [7, 11) is 1.22. The van der Waals surface area contributed by atoms with Gasteiger partial charge in [0.25, 0.3) is 0 Å². The molecule has 0 spiro atoms. The van der Waals surface area contributed by atoms with Crippen LogP contribution in [0.3, 0.4) is 0 Å². The molecule has 1 unspecified atom stereocenters. The van der Waals surface area contributed by atoms with E-state index in [1.54, 1.807) is 0 Å². The first kappa shape index (κ1) is 32.7. The first-order valence-electron chi connectivity index (χ1n) is 9.26. The van der Waals surface area contributed by atoms with Gasteiger partial charge in [0.15, 0.2) is 0 Å². The third kappa shape index (κ3) is 18.1. The molecular formula is C25H31BNaO3. The summed E-state index contributed by atoms with van der Waals surface area (Å²) < 4.78 is 4.15. The summed E-state index contributed by atoms with van der Waals surface area (Å²) >= 11 is 0. The van der Waals surface area contributed by atoms with Crippen molar-refractivity contribution in [1.82, 2.24) is 0 Å². The number of hydrogen-bond acceptors (Lipinski definition) is 3. The predicted octanol–water partition coefficient (Wildman–Crippen LogP) is 2.13. The molecule has 2 aromatic carbocycles. The maximum Gasteiger partial charge on any atom is 1.00 e. The third-order valence-corrected chi connectivity index (χ3v) is 3.55. The zero-order chi connectivity index (χ0) is 21.2. The number of ether oxygens (including phenoxy) is 1. The van der Waals surface area contributed by atoms with E-state index in [2.05, 4.69) is 85.8 Å². The maximum absolute atomic E-state index is 10.1. The number of carbonyl (C=O) groups is 1. The van der Waals surface area contributed by atoms with Crippen LogP contribution in [0.2, 0.25) is 0 Å². The molecule has 0 aliphatic carbocycles. The second-order valence-electron chi connectivity index (χ2n) is 5.93. The molecule has 0 bridgehead atoms. The number of esters is 1. The molecule has 0 heterocycles. The Morgan fingerprint density at radius 1 is 1.10 bits per heavy atom. The molecule has 0 aliphatic rings. The van der Waals surface area contributed by atoms with Crippen LogP contribution in [-0.2, 0) is 9.53 Å². The summed E-state index contributed by atoms with van der Waals surface area (Å²) in [6.45, 7) is 9.31. The van der Waals surface area contributed by atoms with Gasteiger partial charge in [0.05, 0.1) is 7.11 Å². The number of allylic oxidation sites excluding steroid dienone is 3. The number of benzene rings is 2. The van der Waals surface area contributed by atoms with E-state index in [0.717, 1.165) is 12.5 Å². The zero-order valence-corrected chi connectivity index (χ0v) is 20.9. The van der Waals surface area contributed by atoms with E-state index < -0.39 is 5.97 Å². The van der Waals surface area contributed by atoms with Gasteiger partial charge in [-0.05, 0) is 23.5 Å². The van der Waals surface area contributed by atoms with Gasteiger partial charge in [-0.3, -0.25) is 0 Å². The van der Waals surface area contributed by atoms with Crippen molar-refractivity contribution in [3.05, 3.63) is 102 Å². The van der Waals surface area contributed by atoms with Gasteiger partial charge in [0, 0.05) is 14.5 Å². The normalized spacial score (nSPS) is 10.6. The van der Waals surface area contributed by atoms with Crippen molar-refractivity contribution in [1.29, 1.82) is 0 Å². The smallest absolute Gasteiger partial charge is 0.875 e. The number of carbonyl (C=O) groups excluding carboxylic acids is 1. The van der Waals surface area contributed by atoms with Crippen molar-refractivity contribution in [2.24, 2.45) is 0 Å². The van der Waals surface area contributed by atoms with Gasteiger partial charge < -0.3 is 9.84 Å². The van der Waals surface area contributed by atoms with E-state index in [-0.39, 0.29) is 43.7 Å². The van der Waals surface area contributed by atoms with E-state index in [1.165, 1.54) is 25.2 Å². The molecule has 5 heteroatoms. The summed E-state index contributed by atoms with van der Waals surface area (Å²) in [5.41, 5.74) is 2.61. The Balaban J connectivity index is -0.000000356. The van der Waals surface area contributed by atoms with Gasteiger partial charge in [0.1, 0.15) is 0 Å². The second-order valence-corrected chi connectivity index (χ2v) is 5.93. The van der Waals surface area contributed by atoms with Crippen molar-refractivity contribution in [3.63, 3.8) is 0 Å². The molecule has 3 nitrogen and oxygen atoms in total. The molecule has 30 heavy (non-hydrogen) atoms. The van der Waals surface area contributed by atoms with Crippen LogP contribution in [-0.4, -0.2) is 21.5 Å². The topological polar surface area (TPSA) is 49.4 Å². The van der Waals surface area contributed by atoms with Crippen LogP contribution in [0.4, 0.5) is 0 Å². The van der Waals surface area contributed by atoms with Crippen molar-refractivity contribution in [2.75, 3.05) is 7.11 Å². The fourth-order valence-electron chi connectivity index (χ4n) is 1.94. The van der Waals surface area contributed by atoms with Crippen LogP contribution >= 0.6 is 0 Å². The maximum atomic E-state index is 10.1. The fraction of sp³-hybridized carbons (Fsp3) is 0.240. The molecule has 2 rings (SSSR count). The molecule has 153 valence electrons. The van der Waals surface area contributed by atoms with E-state index in [4.69, 9.17) is 0 Å². The van der Waals surface area contributed by atoms with Crippen LogP contribution in [0.1, 0.15) is 44.2 Å². The summed E-state index contributed by atoms with van der Waals surface area (Å²) in [5.74, 6) is -0.421. The second kappa shape index (κ2) is 21.7. The Bertz CT molecular complexity index is 725. The quantitative estimate of drug-likeness (QED) is 0.248. The van der Waals surface area contributed by atoms with E-state index in [0.29, 0.717) is 5.92 Å². The zero-order valence-electron chi connectivity index (χ0n) is 18.9. The number of methoxy groups -OCH3 is 1. The van der Waals surface area contributed by atoms with Gasteiger partial charge in [-0.1, -0.05) is 99.7 Å². The summed E-state index contributed by atoms with van der Waals surface area (Å²) in [5, 5.41) is 10.1. The van der Waals surface area contributed by atoms with Gasteiger partial charge in [0.2, 0.25) is 0 Å². The minimum Gasteiger partial charge on any atom is -0.875 e. The van der Waals surface area contributed by atoms with Crippen molar-refractivity contribution in [2.45, 2.75) is 33.1 Å². The first-order valence-corrected chi connectivity index (χ1v) is 9.26. The summed E-state index contributed by atoms with van der Waals surface area (Å²) in [4.78, 5) is 10.1. The average molecular weight is 413 g/mol. The predicted molar refractivity (Wildman–Crippen MR) is 122 cm³/mol. The molecule has 0 amide bonds. The van der Waals surface area contributed by atoms with E-state index in [9.17, 15) is 9.90 Å². The third-order valence-electron chi connectivity index (χ3n) is 3.55. The molecule has 3 radical (unpaired) electrons. The Morgan fingerprint density at radius 2 is 1.60 bits per heavy atom. The molecule has 0 aromatic heterocycles. The van der Waals surface area contributed by atoms with E-state index >= 15 is 0 Å². The Hall–Kier alpha value is -2.01. The van der Waals surface area contributed by atoms with Crippen molar-refractivity contribution < 1.29 is 44.2 Å². The molecule has 0 aliphatic heterocycles. The number of hydrogen-bond donors (Lipinski definition) is 0. The van der Waals surface area contributed by atoms with Crippen LogP contribution < -0.4 is 34.7 Å². The van der Waals surface area contributed by atoms with Crippen LogP contribution in [0.5, 0.6) is 0 Å². The van der Waals surface area contributed by atoms with Crippen molar-refractivity contribution >= 4 is 20.5 Å². The van der Waals surface area contributed by atoms with Crippen LogP contribution in [0, 0.1) is 0 Å². The molecule has 1 atom stereocenters. The van der Waals surface area contributed by atoms with Gasteiger partial charge in [-0.2, -0.15) is 0 Å². The molecule has 0 fully saturated rings. The first-order chi connectivity index (χ1) is 13.4. The van der Waals surface area contributed by atoms with Gasteiger partial charge in [-0.25, -0.2) is 4.79 Å². The summed E-state index contributed by atoms with van der Waals surface area (Å²) in [6.07, 6.45) is 8.25. The standard InChI is InChI=1S/2C10H12.C5H8O3.B.Na/c1-3-9(2)10-7-5-4-6-8-10;1-2-3-7-10-8-5-4-6-9-10;1-4(6)3-5(7)8-2;;/h3-9H,1H2,2H3;3-9H,2H2,1H3;3,6H,1-2H3;;/q;;;;+1/p-1/b;7-3+;4-3-;;. The summed E-state index contributed by atoms with van der Waals surface area (Å²) in [6, 6.07) is 20.7. The van der Waals surface area contributed by atoms with Crippen molar-refractivity contribution in [3.8, 4) is 0 Å². The monoisotopic (exact) mass is 413 g/mol. The molecule has 0 saturated heterocycles. The number of rotatable bonds is 5. The average Bonchev–Trinajstić information content (AvgIpc) is 2.73. The Morgan fingerprint density at radius 3 is 1.97 bits per heavy atom. The van der Waals surface area contributed by atoms with Gasteiger partial charge >= 0.3 is 35.5 Å². The Labute approximate surface area is 206 Å². The largest absolute Gasteiger partial charge is 1.00 e. The van der Waals surface area contributed by atoms with E-state index in [1.807, 2.05) is 18.2 Å². The van der Waals surface area contributed by atoms with Crippen LogP contribution in [0.25, 0.3) is 6.08 Å². The minimum absolute atomic E-state index is 0. The SMILES string of the molecule is C=CC(C)c1ccccc1.CC/C=C/c1ccccc1.COC(=O)/C=C(/C)[O-].[B].[Na+]. The minimum atomic E-state index is -0.600. The molecular weight excluding hydrogens is 382 g/mol. The molecule has 0 saturated carbocycles. The molecule has 2 aromatic rings. The molecule has 0 N–H and O–H groups in total. The van der Waals surface area contributed by atoms with Crippen LogP contribution in [0.15, 0.2) is 91.2 Å². The Kier molecular flexibility index (Phi) is 23.6. The fourth-order valence-corrected chi connectivity index (χ4v) is 1.94. The van der Waals surface area contributed by atoms with Gasteiger partial charge in [-0.15, -0.1) is 12.3 Å².